The largest absolute Gasteiger partial charge is 0.490 e. The van der Waals surface area contributed by atoms with Crippen LogP contribution in [0.25, 0.3) is 0 Å². The maximum atomic E-state index is 14.0. The molecule has 0 fully saturated rings. The number of benzene rings is 3. The lowest BCUT2D eigenvalue weighted by molar-refractivity contribution is -0.119. The molecule has 0 radical (unpaired) electrons. The van der Waals surface area contributed by atoms with Crippen LogP contribution >= 0.6 is 15.9 Å². The zero-order valence-corrected chi connectivity index (χ0v) is 22.2. The number of hydrogen-bond donors (Lipinski definition) is 1. The normalized spacial score (nSPS) is 18.1. The van der Waals surface area contributed by atoms with Gasteiger partial charge in [0.15, 0.2) is 11.5 Å². The number of fused-ring (bicyclic) bond motifs is 4. The molecule has 186 valence electrons. The average Bonchev–Trinajstić information content (AvgIpc) is 2.86. The summed E-state index contributed by atoms with van der Waals surface area (Å²) >= 11 is 3.49. The summed E-state index contributed by atoms with van der Waals surface area (Å²) in [7, 11) is 0. The van der Waals surface area contributed by atoms with Crippen LogP contribution in [0.5, 0.6) is 11.5 Å². The van der Waals surface area contributed by atoms with E-state index < -0.39 is 12.0 Å². The second kappa shape index (κ2) is 9.97. The highest BCUT2D eigenvalue weighted by molar-refractivity contribution is 9.10. The Hall–Kier alpha value is -3.32. The fourth-order valence-corrected chi connectivity index (χ4v) is 5.81. The number of nitrogens with one attached hydrogen (secondary N) is 1. The number of halogens is 1. The summed E-state index contributed by atoms with van der Waals surface area (Å²) < 4.78 is 12.7. The summed E-state index contributed by atoms with van der Waals surface area (Å²) in [6.45, 7) is 7.38. The minimum absolute atomic E-state index is 0.0445. The molecule has 3 aromatic rings. The quantitative estimate of drug-likeness (QED) is 0.408. The van der Waals surface area contributed by atoms with Crippen molar-refractivity contribution in [1.82, 2.24) is 4.90 Å². The number of nitrogens with zero attached hydrogens (tertiary/aromatic N) is 1. The molecule has 3 aromatic carbocycles. The van der Waals surface area contributed by atoms with E-state index in [9.17, 15) is 9.59 Å². The Morgan fingerprint density at radius 3 is 2.47 bits per heavy atom. The molecule has 5 rings (SSSR count). The molecule has 2 aliphatic rings. The van der Waals surface area contributed by atoms with Crippen molar-refractivity contribution in [3.05, 3.63) is 86.9 Å². The summed E-state index contributed by atoms with van der Waals surface area (Å²) in [6, 6.07) is 16.8. The van der Waals surface area contributed by atoms with Gasteiger partial charge in [-0.15, -0.1) is 0 Å². The number of aryl methyl sites for hydroxylation is 1. The zero-order valence-electron chi connectivity index (χ0n) is 20.6. The highest BCUT2D eigenvalue weighted by Crippen LogP contribution is 2.48. The van der Waals surface area contributed by atoms with Gasteiger partial charge in [-0.2, -0.15) is 0 Å². The van der Waals surface area contributed by atoms with Crippen molar-refractivity contribution in [3.8, 4) is 11.5 Å². The topological polar surface area (TPSA) is 67.9 Å². The number of rotatable bonds is 6. The van der Waals surface area contributed by atoms with Crippen LogP contribution in [0, 0.1) is 6.92 Å². The second-order valence-corrected chi connectivity index (χ2v) is 9.99. The Bertz CT molecular complexity index is 1340. The Kier molecular flexibility index (Phi) is 6.75. The van der Waals surface area contributed by atoms with Gasteiger partial charge in [-0.05, 0) is 85.8 Å². The molecule has 2 heterocycles. The van der Waals surface area contributed by atoms with Crippen LogP contribution in [0.3, 0.4) is 0 Å². The summed E-state index contributed by atoms with van der Waals surface area (Å²) in [6.07, 6.45) is 0.687. The van der Waals surface area contributed by atoms with Crippen LogP contribution in [-0.2, 0) is 11.2 Å². The number of amides is 2. The van der Waals surface area contributed by atoms with Gasteiger partial charge in [-0.3, -0.25) is 9.59 Å². The first-order valence-corrected chi connectivity index (χ1v) is 13.1. The van der Waals surface area contributed by atoms with Gasteiger partial charge in [0, 0.05) is 22.3 Å². The molecule has 36 heavy (non-hydrogen) atoms. The zero-order chi connectivity index (χ0) is 25.4. The molecule has 2 aliphatic heterocycles. The van der Waals surface area contributed by atoms with Crippen molar-refractivity contribution in [1.29, 1.82) is 0 Å². The molecule has 2 amide bonds. The lowest BCUT2D eigenvalue weighted by Gasteiger charge is -2.45. The standard InChI is InChI=1S/C29H29BrN2O4/c1-4-35-24-15-18-12-13-32-27(22(18)16-25(24)36-5-2)26(20-8-6-7-9-21(20)29(32)34)28(33)31-23-11-10-19(30)14-17(23)3/h6-11,14-16,26-27H,4-5,12-13H2,1-3H3,(H,31,33). The van der Waals surface area contributed by atoms with Crippen molar-refractivity contribution in [2.24, 2.45) is 0 Å². The summed E-state index contributed by atoms with van der Waals surface area (Å²) in [5.74, 6) is 0.565. The van der Waals surface area contributed by atoms with Crippen LogP contribution in [0.4, 0.5) is 5.69 Å². The van der Waals surface area contributed by atoms with E-state index in [1.165, 1.54) is 0 Å². The summed E-state index contributed by atoms with van der Waals surface area (Å²) in [5, 5.41) is 3.14. The van der Waals surface area contributed by atoms with Crippen molar-refractivity contribution in [2.45, 2.75) is 39.2 Å². The monoisotopic (exact) mass is 548 g/mol. The number of anilines is 1. The van der Waals surface area contributed by atoms with Crippen LogP contribution in [0.1, 0.15) is 58.4 Å². The van der Waals surface area contributed by atoms with Gasteiger partial charge >= 0.3 is 0 Å². The first-order valence-electron chi connectivity index (χ1n) is 12.3. The minimum atomic E-state index is -0.576. The fourth-order valence-electron chi connectivity index (χ4n) is 5.33. The first-order chi connectivity index (χ1) is 17.4. The number of hydrogen-bond acceptors (Lipinski definition) is 4. The van der Waals surface area contributed by atoms with Crippen molar-refractivity contribution in [3.63, 3.8) is 0 Å². The third kappa shape index (κ3) is 4.26. The smallest absolute Gasteiger partial charge is 0.254 e. The van der Waals surface area contributed by atoms with Gasteiger partial charge < -0.3 is 19.7 Å². The summed E-state index contributed by atoms with van der Waals surface area (Å²) in [4.78, 5) is 29.4. The molecule has 1 N–H and O–H groups in total. The Morgan fingerprint density at radius 1 is 1.03 bits per heavy atom. The molecule has 0 aromatic heterocycles. The molecule has 2 unspecified atom stereocenters. The predicted octanol–water partition coefficient (Wildman–Crippen LogP) is 6.03. The molecule has 0 bridgehead atoms. The van der Waals surface area contributed by atoms with Crippen molar-refractivity contribution < 1.29 is 19.1 Å². The molecule has 0 saturated carbocycles. The van der Waals surface area contributed by atoms with E-state index in [2.05, 4.69) is 21.2 Å². The van der Waals surface area contributed by atoms with Gasteiger partial charge in [0.1, 0.15) is 0 Å². The second-order valence-electron chi connectivity index (χ2n) is 9.07. The lowest BCUT2D eigenvalue weighted by atomic mass is 9.75. The van der Waals surface area contributed by atoms with Crippen LogP contribution in [0.2, 0.25) is 0 Å². The number of carbonyl (C=O) groups excluding carboxylic acids is 2. The van der Waals surface area contributed by atoms with Crippen LogP contribution in [0.15, 0.2) is 59.1 Å². The van der Waals surface area contributed by atoms with Crippen LogP contribution in [-0.4, -0.2) is 36.5 Å². The average molecular weight is 549 g/mol. The molecular weight excluding hydrogens is 520 g/mol. The van der Waals surface area contributed by atoms with E-state index >= 15 is 0 Å². The molecule has 2 atom stereocenters. The van der Waals surface area contributed by atoms with Gasteiger partial charge in [0.25, 0.3) is 5.91 Å². The third-order valence-electron chi connectivity index (χ3n) is 6.91. The molecule has 0 aliphatic carbocycles. The van der Waals surface area contributed by atoms with Crippen LogP contribution < -0.4 is 14.8 Å². The summed E-state index contributed by atoms with van der Waals surface area (Å²) in [5.41, 5.74) is 5.05. The van der Waals surface area contributed by atoms with Gasteiger partial charge in [-0.25, -0.2) is 0 Å². The van der Waals surface area contributed by atoms with E-state index in [-0.39, 0.29) is 11.8 Å². The first kappa shape index (κ1) is 24.4. The fraction of sp³-hybridized carbons (Fsp3) is 0.310. The van der Waals surface area contributed by atoms with E-state index in [4.69, 9.17) is 9.47 Å². The maximum Gasteiger partial charge on any atom is 0.254 e. The van der Waals surface area contributed by atoms with E-state index in [0.29, 0.717) is 43.2 Å². The highest BCUT2D eigenvalue weighted by atomic mass is 79.9. The van der Waals surface area contributed by atoms with Gasteiger partial charge in [-0.1, -0.05) is 34.1 Å². The highest BCUT2D eigenvalue weighted by Gasteiger charge is 2.46. The molecule has 0 saturated heterocycles. The molecule has 7 heteroatoms. The number of carbonyl (C=O) groups is 2. The lowest BCUT2D eigenvalue weighted by Crippen LogP contribution is -2.49. The molecular formula is C29H29BrN2O4. The van der Waals surface area contributed by atoms with E-state index in [1.54, 1.807) is 0 Å². The number of ether oxygens (including phenoxy) is 2. The van der Waals surface area contributed by atoms with E-state index in [0.717, 1.165) is 32.4 Å². The Labute approximate surface area is 219 Å². The van der Waals surface area contributed by atoms with Gasteiger partial charge in [0.2, 0.25) is 5.91 Å². The minimum Gasteiger partial charge on any atom is -0.490 e. The predicted molar refractivity (Wildman–Crippen MR) is 143 cm³/mol. The maximum absolute atomic E-state index is 14.0. The van der Waals surface area contributed by atoms with Crippen molar-refractivity contribution >= 4 is 33.4 Å². The van der Waals surface area contributed by atoms with Crippen molar-refractivity contribution in [2.75, 3.05) is 25.1 Å². The Balaban J connectivity index is 1.64. The van der Waals surface area contributed by atoms with Gasteiger partial charge in [0.05, 0.1) is 25.2 Å². The Morgan fingerprint density at radius 2 is 1.75 bits per heavy atom. The third-order valence-corrected chi connectivity index (χ3v) is 7.41. The van der Waals surface area contributed by atoms with E-state index in [1.807, 2.05) is 80.3 Å². The SMILES string of the molecule is CCOc1cc2c(cc1OCC)C1C(C(=O)Nc3ccc(Br)cc3C)c3ccccc3C(=O)N1CC2. The molecule has 6 nitrogen and oxygen atoms in total. The molecule has 0 spiro atoms.